The smallest absolute Gasteiger partial charge is 0.242 e. The Bertz CT molecular complexity index is 789. The van der Waals surface area contributed by atoms with Crippen molar-refractivity contribution in [2.75, 3.05) is 49.1 Å². The molecule has 1 aromatic carbocycles. The minimum Gasteiger partial charge on any atom is -0.494 e. The summed E-state index contributed by atoms with van der Waals surface area (Å²) >= 11 is 0. The number of benzene rings is 1. The van der Waals surface area contributed by atoms with E-state index in [1.54, 1.807) is 47.6 Å². The minimum absolute atomic E-state index is 0.0190. The molecule has 148 valence electrons. The predicted molar refractivity (Wildman–Crippen MR) is 106 cm³/mol. The van der Waals surface area contributed by atoms with Crippen LogP contribution in [-0.2, 0) is 9.59 Å². The second-order valence-electron chi connectivity index (χ2n) is 6.45. The zero-order valence-electron chi connectivity index (χ0n) is 16.2. The zero-order valence-corrected chi connectivity index (χ0v) is 16.2. The van der Waals surface area contributed by atoms with E-state index in [1.807, 2.05) is 6.92 Å². The molecule has 1 aliphatic rings. The molecule has 1 fully saturated rings. The third kappa shape index (κ3) is 4.76. The molecular weight excluding hydrogens is 358 g/mol. The number of hydrogen-bond acceptors (Lipinski definition) is 6. The second kappa shape index (κ2) is 9.16. The van der Waals surface area contributed by atoms with Gasteiger partial charge in [-0.25, -0.2) is 9.97 Å². The molecule has 0 aliphatic carbocycles. The SMILES string of the molecule is CCOc1ccc(N(CC(=O)N2CCN(c3ncccn3)CC2)C(C)=O)cc1. The molecule has 8 nitrogen and oxygen atoms in total. The Morgan fingerprint density at radius 1 is 1.07 bits per heavy atom. The van der Waals surface area contributed by atoms with E-state index < -0.39 is 0 Å². The molecule has 0 bridgehead atoms. The van der Waals surface area contributed by atoms with E-state index in [0.717, 1.165) is 5.75 Å². The number of carbonyl (C=O) groups excluding carboxylic acids is 2. The normalized spacial score (nSPS) is 13.9. The second-order valence-corrected chi connectivity index (χ2v) is 6.45. The molecule has 2 heterocycles. The standard InChI is InChI=1S/C20H25N5O3/c1-3-28-18-7-5-17(6-8-18)25(16(2)26)15-19(27)23-11-13-24(14-12-23)20-21-9-4-10-22-20/h4-10H,3,11-15H2,1-2H3. The van der Waals surface area contributed by atoms with Gasteiger partial charge in [-0.05, 0) is 37.3 Å². The van der Waals surface area contributed by atoms with Gasteiger partial charge in [-0.3, -0.25) is 9.59 Å². The number of piperazine rings is 1. The van der Waals surface area contributed by atoms with Crippen molar-refractivity contribution in [1.29, 1.82) is 0 Å². The van der Waals surface area contributed by atoms with E-state index in [4.69, 9.17) is 4.74 Å². The van der Waals surface area contributed by atoms with Gasteiger partial charge in [0.1, 0.15) is 12.3 Å². The number of hydrogen-bond donors (Lipinski definition) is 0. The average molecular weight is 383 g/mol. The summed E-state index contributed by atoms with van der Waals surface area (Å²) < 4.78 is 5.43. The van der Waals surface area contributed by atoms with E-state index in [-0.39, 0.29) is 18.4 Å². The Morgan fingerprint density at radius 3 is 2.29 bits per heavy atom. The zero-order chi connectivity index (χ0) is 19.9. The lowest BCUT2D eigenvalue weighted by Gasteiger charge is -2.35. The van der Waals surface area contributed by atoms with Gasteiger partial charge in [0.15, 0.2) is 0 Å². The molecule has 8 heteroatoms. The lowest BCUT2D eigenvalue weighted by molar-refractivity contribution is -0.131. The molecule has 0 spiro atoms. The van der Waals surface area contributed by atoms with Crippen molar-refractivity contribution >= 4 is 23.5 Å². The van der Waals surface area contributed by atoms with Gasteiger partial charge in [0.05, 0.1) is 6.61 Å². The fourth-order valence-corrected chi connectivity index (χ4v) is 3.12. The monoisotopic (exact) mass is 383 g/mol. The molecular formula is C20H25N5O3. The molecule has 0 N–H and O–H groups in total. The molecule has 0 atom stereocenters. The van der Waals surface area contributed by atoms with Gasteiger partial charge < -0.3 is 19.4 Å². The van der Waals surface area contributed by atoms with Crippen LogP contribution in [0.3, 0.4) is 0 Å². The Hall–Kier alpha value is -3.16. The highest BCUT2D eigenvalue weighted by Crippen LogP contribution is 2.20. The summed E-state index contributed by atoms with van der Waals surface area (Å²) in [4.78, 5) is 38.7. The molecule has 1 saturated heterocycles. The Kier molecular flexibility index (Phi) is 6.41. The van der Waals surface area contributed by atoms with E-state index in [1.165, 1.54) is 11.8 Å². The van der Waals surface area contributed by atoms with Crippen LogP contribution in [-0.4, -0.2) is 66.0 Å². The lowest BCUT2D eigenvalue weighted by atomic mass is 10.2. The van der Waals surface area contributed by atoms with Crippen LogP contribution in [0.2, 0.25) is 0 Å². The summed E-state index contributed by atoms with van der Waals surface area (Å²) in [5.41, 5.74) is 0.681. The van der Waals surface area contributed by atoms with Crippen molar-refractivity contribution in [2.45, 2.75) is 13.8 Å². The summed E-state index contributed by atoms with van der Waals surface area (Å²) in [5.74, 6) is 1.17. The summed E-state index contributed by atoms with van der Waals surface area (Å²) in [5, 5.41) is 0. The first-order chi connectivity index (χ1) is 13.6. The molecule has 28 heavy (non-hydrogen) atoms. The van der Waals surface area contributed by atoms with Crippen molar-refractivity contribution in [2.24, 2.45) is 0 Å². The van der Waals surface area contributed by atoms with Crippen molar-refractivity contribution in [3.05, 3.63) is 42.7 Å². The van der Waals surface area contributed by atoms with Crippen molar-refractivity contribution in [1.82, 2.24) is 14.9 Å². The van der Waals surface area contributed by atoms with Crippen LogP contribution in [0.15, 0.2) is 42.7 Å². The Labute approximate surface area is 164 Å². The molecule has 1 aromatic heterocycles. The third-order valence-electron chi connectivity index (χ3n) is 4.60. The molecule has 2 aromatic rings. The van der Waals surface area contributed by atoms with Crippen molar-refractivity contribution in [3.63, 3.8) is 0 Å². The molecule has 1 aliphatic heterocycles. The van der Waals surface area contributed by atoms with Gasteiger partial charge in [0.25, 0.3) is 0 Å². The van der Waals surface area contributed by atoms with Crippen LogP contribution in [0, 0.1) is 0 Å². The largest absolute Gasteiger partial charge is 0.494 e. The molecule has 2 amide bonds. The molecule has 0 unspecified atom stereocenters. The number of ether oxygens (including phenoxy) is 1. The number of carbonyl (C=O) groups is 2. The average Bonchev–Trinajstić information content (AvgIpc) is 2.73. The quantitative estimate of drug-likeness (QED) is 0.754. The minimum atomic E-state index is -0.172. The highest BCUT2D eigenvalue weighted by molar-refractivity contribution is 5.97. The Morgan fingerprint density at radius 2 is 1.71 bits per heavy atom. The molecule has 3 rings (SSSR count). The molecule has 0 saturated carbocycles. The van der Waals surface area contributed by atoms with Crippen LogP contribution < -0.4 is 14.5 Å². The topological polar surface area (TPSA) is 78.9 Å². The number of rotatable bonds is 6. The van der Waals surface area contributed by atoms with Crippen molar-refractivity contribution < 1.29 is 14.3 Å². The number of anilines is 2. The van der Waals surface area contributed by atoms with Crippen molar-refractivity contribution in [3.8, 4) is 5.75 Å². The maximum absolute atomic E-state index is 12.8. The fraction of sp³-hybridized carbons (Fsp3) is 0.400. The van der Waals surface area contributed by atoms with Gasteiger partial charge in [0, 0.05) is 51.2 Å². The summed E-state index contributed by atoms with van der Waals surface area (Å²) in [7, 11) is 0. The van der Waals surface area contributed by atoms with Crippen LogP contribution >= 0.6 is 0 Å². The summed E-state index contributed by atoms with van der Waals surface area (Å²) in [6.45, 7) is 6.46. The first-order valence-electron chi connectivity index (χ1n) is 9.39. The highest BCUT2D eigenvalue weighted by atomic mass is 16.5. The van der Waals surface area contributed by atoms with Crippen LogP contribution in [0.4, 0.5) is 11.6 Å². The van der Waals surface area contributed by atoms with Crippen LogP contribution in [0.5, 0.6) is 5.75 Å². The number of aromatic nitrogens is 2. The van der Waals surface area contributed by atoms with E-state index in [2.05, 4.69) is 14.9 Å². The van der Waals surface area contributed by atoms with Crippen LogP contribution in [0.1, 0.15) is 13.8 Å². The third-order valence-corrected chi connectivity index (χ3v) is 4.60. The van der Waals surface area contributed by atoms with E-state index >= 15 is 0 Å². The maximum atomic E-state index is 12.8. The van der Waals surface area contributed by atoms with Gasteiger partial charge in [0.2, 0.25) is 17.8 Å². The molecule has 0 radical (unpaired) electrons. The van der Waals surface area contributed by atoms with Gasteiger partial charge in [-0.2, -0.15) is 0 Å². The first kappa shape index (κ1) is 19.6. The van der Waals surface area contributed by atoms with Gasteiger partial charge in [-0.15, -0.1) is 0 Å². The van der Waals surface area contributed by atoms with Gasteiger partial charge >= 0.3 is 0 Å². The highest BCUT2D eigenvalue weighted by Gasteiger charge is 2.25. The van der Waals surface area contributed by atoms with E-state index in [9.17, 15) is 9.59 Å². The number of amides is 2. The lowest BCUT2D eigenvalue weighted by Crippen LogP contribution is -2.52. The Balaban J connectivity index is 1.59. The predicted octanol–water partition coefficient (Wildman–Crippen LogP) is 1.58. The maximum Gasteiger partial charge on any atom is 0.242 e. The first-order valence-corrected chi connectivity index (χ1v) is 9.39. The fourth-order valence-electron chi connectivity index (χ4n) is 3.12. The summed E-state index contributed by atoms with van der Waals surface area (Å²) in [6.07, 6.45) is 3.42. The van der Waals surface area contributed by atoms with Crippen LogP contribution in [0.25, 0.3) is 0 Å². The summed E-state index contributed by atoms with van der Waals surface area (Å²) in [6, 6.07) is 8.98. The van der Waals surface area contributed by atoms with Gasteiger partial charge in [-0.1, -0.05) is 0 Å². The number of nitrogens with zero attached hydrogens (tertiary/aromatic N) is 5. The van der Waals surface area contributed by atoms with E-state index in [0.29, 0.717) is 44.4 Å².